The third-order valence-corrected chi connectivity index (χ3v) is 3.94. The number of pyridine rings is 1. The number of nitrogens with one attached hydrogen (secondary N) is 3. The number of nitrogens with zero attached hydrogens (tertiary/aromatic N) is 5. The number of amides is 2. The zero-order chi connectivity index (χ0) is 21.0. The molecule has 3 N–H and O–H groups in total. The molecule has 0 fully saturated rings. The zero-order valence-electron chi connectivity index (χ0n) is 14.9. The average molecular weight is 413 g/mol. The fourth-order valence-electron chi connectivity index (χ4n) is 2.39. The fourth-order valence-corrected chi connectivity index (χ4v) is 2.65. The van der Waals surface area contributed by atoms with Crippen molar-refractivity contribution in [1.29, 1.82) is 5.26 Å². The van der Waals surface area contributed by atoms with Gasteiger partial charge in [-0.3, -0.25) is 15.4 Å². The van der Waals surface area contributed by atoms with Crippen molar-refractivity contribution in [3.8, 4) is 6.07 Å². The van der Waals surface area contributed by atoms with Gasteiger partial charge in [-0.15, -0.1) is 0 Å². The predicted octanol–water partition coefficient (Wildman–Crippen LogP) is 3.34. The molecule has 1 aromatic carbocycles. The summed E-state index contributed by atoms with van der Waals surface area (Å²) in [6.07, 6.45) is 1.40. The number of anilines is 3. The lowest BCUT2D eigenvalue weighted by molar-refractivity contribution is -0.384. The molecule has 0 saturated carbocycles. The number of carbonyl (C=O) groups excluding carboxylic acids is 1. The molecule has 29 heavy (non-hydrogen) atoms. The van der Waals surface area contributed by atoms with Gasteiger partial charge in [-0.1, -0.05) is 11.6 Å². The van der Waals surface area contributed by atoms with Crippen LogP contribution in [0, 0.1) is 21.4 Å². The molecule has 3 rings (SSSR count). The Labute approximate surface area is 168 Å². The minimum absolute atomic E-state index is 0.0164. The van der Waals surface area contributed by atoms with E-state index >= 15 is 0 Å². The topological polar surface area (TPSA) is 159 Å². The van der Waals surface area contributed by atoms with E-state index in [0.717, 1.165) is 12.1 Å². The lowest BCUT2D eigenvalue weighted by Crippen LogP contribution is -2.28. The van der Waals surface area contributed by atoms with Gasteiger partial charge in [0, 0.05) is 18.7 Å². The largest absolute Gasteiger partial charge is 0.338 e. The number of halogens is 1. The number of aromatic nitrogens is 3. The number of benzene rings is 1. The summed E-state index contributed by atoms with van der Waals surface area (Å²) < 4.78 is 0. The maximum absolute atomic E-state index is 11.6. The molecule has 2 aromatic heterocycles. The van der Waals surface area contributed by atoms with E-state index < -0.39 is 11.0 Å². The summed E-state index contributed by atoms with van der Waals surface area (Å²) in [6, 6.07) is 6.92. The van der Waals surface area contributed by atoms with Crippen LogP contribution in [0.4, 0.5) is 27.8 Å². The Hall–Kier alpha value is -4.04. The van der Waals surface area contributed by atoms with Crippen molar-refractivity contribution in [3.05, 3.63) is 51.2 Å². The van der Waals surface area contributed by atoms with Crippen molar-refractivity contribution in [2.24, 2.45) is 0 Å². The molecule has 2 heterocycles. The average Bonchev–Trinajstić information content (AvgIpc) is 2.69. The molecule has 0 spiro atoms. The van der Waals surface area contributed by atoms with E-state index in [1.807, 2.05) is 6.07 Å². The first-order chi connectivity index (χ1) is 13.9. The molecule has 2 amide bonds. The number of fused-ring (bicyclic) bond motifs is 1. The van der Waals surface area contributed by atoms with E-state index in [1.54, 1.807) is 19.1 Å². The Morgan fingerprint density at radius 2 is 2.07 bits per heavy atom. The molecule has 12 heteroatoms. The van der Waals surface area contributed by atoms with Crippen molar-refractivity contribution >= 4 is 51.8 Å². The summed E-state index contributed by atoms with van der Waals surface area (Å²) in [4.78, 5) is 34.7. The third-order valence-electron chi connectivity index (χ3n) is 3.65. The molecule has 0 aliphatic carbocycles. The number of nitro benzene ring substituents is 1. The van der Waals surface area contributed by atoms with Crippen LogP contribution in [0.15, 0.2) is 30.5 Å². The van der Waals surface area contributed by atoms with Crippen LogP contribution in [0.3, 0.4) is 0 Å². The predicted molar refractivity (Wildman–Crippen MR) is 106 cm³/mol. The molecule has 0 radical (unpaired) electrons. The van der Waals surface area contributed by atoms with Crippen molar-refractivity contribution in [3.63, 3.8) is 0 Å². The first-order valence-corrected chi connectivity index (χ1v) is 8.62. The number of nitriles is 1. The van der Waals surface area contributed by atoms with Gasteiger partial charge in [0.05, 0.1) is 27.4 Å². The molecule has 0 atom stereocenters. The Morgan fingerprint density at radius 1 is 1.31 bits per heavy atom. The van der Waals surface area contributed by atoms with Crippen molar-refractivity contribution in [1.82, 2.24) is 20.3 Å². The molecule has 0 aliphatic heterocycles. The lowest BCUT2D eigenvalue weighted by atomic mass is 10.1. The van der Waals surface area contributed by atoms with Gasteiger partial charge in [0.25, 0.3) is 5.69 Å². The normalized spacial score (nSPS) is 10.2. The molecule has 3 aromatic rings. The van der Waals surface area contributed by atoms with Gasteiger partial charge in [-0.25, -0.2) is 19.7 Å². The summed E-state index contributed by atoms with van der Waals surface area (Å²) in [5.41, 5.74) is 0.549. The second-order valence-electron chi connectivity index (χ2n) is 5.62. The SMILES string of the molecule is CCNC(=O)Nc1ccc2ncc(Nc3c(Cl)cc([N+](=O)[O-])cc3C#N)nc2n1. The zero-order valence-corrected chi connectivity index (χ0v) is 15.7. The number of hydrogen-bond donors (Lipinski definition) is 3. The van der Waals surface area contributed by atoms with Gasteiger partial charge in [-0.05, 0) is 19.1 Å². The van der Waals surface area contributed by atoms with Crippen LogP contribution >= 0.6 is 11.6 Å². The van der Waals surface area contributed by atoms with Crippen LogP contribution in [0.1, 0.15) is 12.5 Å². The van der Waals surface area contributed by atoms with Gasteiger partial charge in [0.2, 0.25) is 0 Å². The molecule has 0 unspecified atom stereocenters. The van der Waals surface area contributed by atoms with E-state index in [4.69, 9.17) is 11.6 Å². The summed E-state index contributed by atoms with van der Waals surface area (Å²) >= 11 is 6.10. The first-order valence-electron chi connectivity index (χ1n) is 8.25. The minimum Gasteiger partial charge on any atom is -0.338 e. The van der Waals surface area contributed by atoms with Gasteiger partial charge in [0.1, 0.15) is 17.4 Å². The highest BCUT2D eigenvalue weighted by atomic mass is 35.5. The highest BCUT2D eigenvalue weighted by Crippen LogP contribution is 2.32. The standard InChI is InChI=1S/C17H13ClN8O3/c1-2-20-17(27)25-13-4-3-12-16(23-13)24-14(8-21-12)22-15-9(7-19)5-10(26(28)29)6-11(15)18/h3-6,8H,2H2,1H3,(H3,20,22,23,24,25,27). The van der Waals surface area contributed by atoms with Crippen molar-refractivity contribution in [2.45, 2.75) is 6.92 Å². The monoisotopic (exact) mass is 412 g/mol. The fraction of sp³-hybridized carbons (Fsp3) is 0.118. The number of nitro groups is 1. The van der Waals surface area contributed by atoms with Crippen molar-refractivity contribution < 1.29 is 9.72 Å². The van der Waals surface area contributed by atoms with Crippen LogP contribution < -0.4 is 16.0 Å². The van der Waals surface area contributed by atoms with Crippen LogP contribution in [-0.4, -0.2) is 32.5 Å². The quantitative estimate of drug-likeness (QED) is 0.425. The third kappa shape index (κ3) is 4.45. The smallest absolute Gasteiger partial charge is 0.320 e. The molecular weight excluding hydrogens is 400 g/mol. The van der Waals surface area contributed by atoms with Crippen LogP contribution in [0.25, 0.3) is 11.2 Å². The summed E-state index contributed by atoms with van der Waals surface area (Å²) in [6.45, 7) is 2.25. The highest BCUT2D eigenvalue weighted by molar-refractivity contribution is 6.33. The number of hydrogen-bond acceptors (Lipinski definition) is 8. The molecule has 0 saturated heterocycles. The van der Waals surface area contributed by atoms with E-state index in [2.05, 4.69) is 30.9 Å². The number of carbonyl (C=O) groups is 1. The van der Waals surface area contributed by atoms with Gasteiger partial charge in [-0.2, -0.15) is 5.26 Å². The highest BCUT2D eigenvalue weighted by Gasteiger charge is 2.16. The van der Waals surface area contributed by atoms with Gasteiger partial charge in [0.15, 0.2) is 11.5 Å². The minimum atomic E-state index is -0.639. The van der Waals surface area contributed by atoms with Gasteiger partial charge >= 0.3 is 6.03 Å². The molecular formula is C17H13ClN8O3. The maximum Gasteiger partial charge on any atom is 0.320 e. The lowest BCUT2D eigenvalue weighted by Gasteiger charge is -2.10. The number of rotatable bonds is 5. The summed E-state index contributed by atoms with van der Waals surface area (Å²) in [5.74, 6) is 0.494. The maximum atomic E-state index is 11.6. The van der Waals surface area contributed by atoms with Gasteiger partial charge < -0.3 is 10.6 Å². The second-order valence-corrected chi connectivity index (χ2v) is 6.03. The van der Waals surface area contributed by atoms with E-state index in [-0.39, 0.29) is 39.2 Å². The van der Waals surface area contributed by atoms with Crippen LogP contribution in [0.5, 0.6) is 0 Å². The Bertz CT molecular complexity index is 1160. The Balaban J connectivity index is 1.94. The van der Waals surface area contributed by atoms with E-state index in [9.17, 15) is 20.2 Å². The first kappa shape index (κ1) is 19.7. The second kappa shape index (κ2) is 8.32. The number of non-ortho nitro benzene ring substituents is 1. The summed E-state index contributed by atoms with van der Waals surface area (Å²) in [5, 5.41) is 28.2. The molecule has 11 nitrogen and oxygen atoms in total. The molecule has 146 valence electrons. The van der Waals surface area contributed by atoms with E-state index in [1.165, 1.54) is 6.20 Å². The Kier molecular flexibility index (Phi) is 5.66. The Morgan fingerprint density at radius 3 is 2.76 bits per heavy atom. The van der Waals surface area contributed by atoms with Crippen LogP contribution in [0.2, 0.25) is 5.02 Å². The molecule has 0 bridgehead atoms. The summed E-state index contributed by atoms with van der Waals surface area (Å²) in [7, 11) is 0. The molecule has 0 aliphatic rings. The van der Waals surface area contributed by atoms with E-state index in [0.29, 0.717) is 12.1 Å². The van der Waals surface area contributed by atoms with Crippen LogP contribution in [-0.2, 0) is 0 Å². The number of urea groups is 1. The van der Waals surface area contributed by atoms with Crippen molar-refractivity contribution in [2.75, 3.05) is 17.2 Å².